The summed E-state index contributed by atoms with van der Waals surface area (Å²) in [5.74, 6) is 0.845. The first-order valence-corrected chi connectivity index (χ1v) is 7.66. The fourth-order valence-electron chi connectivity index (χ4n) is 3.17. The lowest BCUT2D eigenvalue weighted by Gasteiger charge is -2.12. The highest BCUT2D eigenvalue weighted by molar-refractivity contribution is 5.36. The molecule has 1 aliphatic carbocycles. The minimum Gasteiger partial charge on any atom is -0.497 e. The van der Waals surface area contributed by atoms with Crippen molar-refractivity contribution in [3.8, 4) is 5.75 Å². The molecule has 0 radical (unpaired) electrons. The zero-order chi connectivity index (χ0) is 14.7. The standard InChI is InChI=1S/C19H22O2/c1-21-19-7-2-4-14(13-19)11-18(20)12-15-8-9-16-5-3-6-17(16)10-15/h2,4,7-10,13,18,20H,3,5-6,11-12H2,1H3. The van der Waals surface area contributed by atoms with E-state index in [2.05, 4.69) is 18.2 Å². The van der Waals surface area contributed by atoms with E-state index >= 15 is 0 Å². The van der Waals surface area contributed by atoms with Gasteiger partial charge in [-0.15, -0.1) is 0 Å². The van der Waals surface area contributed by atoms with Crippen LogP contribution in [0.5, 0.6) is 5.75 Å². The Hall–Kier alpha value is -1.80. The normalized spacial score (nSPS) is 14.8. The predicted octanol–water partition coefficient (Wildman–Crippen LogP) is 3.33. The van der Waals surface area contributed by atoms with Crippen molar-refractivity contribution in [2.24, 2.45) is 0 Å². The highest BCUT2D eigenvalue weighted by Crippen LogP contribution is 2.24. The largest absolute Gasteiger partial charge is 0.497 e. The molecule has 21 heavy (non-hydrogen) atoms. The smallest absolute Gasteiger partial charge is 0.119 e. The lowest BCUT2D eigenvalue weighted by Crippen LogP contribution is -2.14. The van der Waals surface area contributed by atoms with Gasteiger partial charge < -0.3 is 9.84 Å². The molecular formula is C19H22O2. The molecule has 0 saturated carbocycles. The number of ether oxygens (including phenoxy) is 1. The summed E-state index contributed by atoms with van der Waals surface area (Å²) in [5, 5.41) is 10.3. The van der Waals surface area contributed by atoms with Gasteiger partial charge in [0.25, 0.3) is 0 Å². The summed E-state index contributed by atoms with van der Waals surface area (Å²) < 4.78 is 5.22. The van der Waals surface area contributed by atoms with E-state index in [1.165, 1.54) is 36.0 Å². The molecule has 1 atom stereocenters. The Morgan fingerprint density at radius 3 is 2.57 bits per heavy atom. The molecule has 1 unspecified atom stereocenters. The molecule has 1 N–H and O–H groups in total. The van der Waals surface area contributed by atoms with Crippen LogP contribution in [0.4, 0.5) is 0 Å². The van der Waals surface area contributed by atoms with Crippen LogP contribution in [-0.2, 0) is 25.7 Å². The summed E-state index contributed by atoms with van der Waals surface area (Å²) in [6.07, 6.45) is 4.69. The maximum atomic E-state index is 10.3. The fraction of sp³-hybridized carbons (Fsp3) is 0.368. The number of aliphatic hydroxyl groups excluding tert-OH is 1. The second-order valence-electron chi connectivity index (χ2n) is 5.87. The molecule has 3 rings (SSSR count). The fourth-order valence-corrected chi connectivity index (χ4v) is 3.17. The summed E-state index contributed by atoms with van der Waals surface area (Å²) in [7, 11) is 1.67. The minimum absolute atomic E-state index is 0.350. The van der Waals surface area contributed by atoms with E-state index in [1.807, 2.05) is 24.3 Å². The lowest BCUT2D eigenvalue weighted by molar-refractivity contribution is 0.175. The maximum absolute atomic E-state index is 10.3. The van der Waals surface area contributed by atoms with Gasteiger partial charge in [-0.3, -0.25) is 0 Å². The van der Waals surface area contributed by atoms with Crippen LogP contribution in [0.2, 0.25) is 0 Å². The molecule has 1 aliphatic rings. The molecule has 0 bridgehead atoms. The number of aryl methyl sites for hydroxylation is 2. The van der Waals surface area contributed by atoms with Crippen LogP contribution in [0.25, 0.3) is 0 Å². The summed E-state index contributed by atoms with van der Waals surface area (Å²) in [6, 6.07) is 14.6. The quantitative estimate of drug-likeness (QED) is 0.911. The number of methoxy groups -OCH3 is 1. The highest BCUT2D eigenvalue weighted by Gasteiger charge is 2.13. The van der Waals surface area contributed by atoms with Gasteiger partial charge in [0.2, 0.25) is 0 Å². The van der Waals surface area contributed by atoms with Crippen LogP contribution >= 0.6 is 0 Å². The molecule has 2 nitrogen and oxygen atoms in total. The number of hydrogen-bond donors (Lipinski definition) is 1. The Morgan fingerprint density at radius 1 is 1.00 bits per heavy atom. The second-order valence-corrected chi connectivity index (χ2v) is 5.87. The van der Waals surface area contributed by atoms with Gasteiger partial charge in [-0.2, -0.15) is 0 Å². The van der Waals surface area contributed by atoms with Gasteiger partial charge in [0.15, 0.2) is 0 Å². The number of hydrogen-bond acceptors (Lipinski definition) is 2. The van der Waals surface area contributed by atoms with Crippen molar-refractivity contribution < 1.29 is 9.84 Å². The van der Waals surface area contributed by atoms with Crippen molar-refractivity contribution in [3.63, 3.8) is 0 Å². The van der Waals surface area contributed by atoms with Gasteiger partial charge in [-0.1, -0.05) is 30.3 Å². The molecule has 0 aromatic heterocycles. The van der Waals surface area contributed by atoms with Gasteiger partial charge in [-0.25, -0.2) is 0 Å². The van der Waals surface area contributed by atoms with Gasteiger partial charge in [0.05, 0.1) is 13.2 Å². The third-order valence-electron chi connectivity index (χ3n) is 4.24. The van der Waals surface area contributed by atoms with Gasteiger partial charge in [0, 0.05) is 0 Å². The van der Waals surface area contributed by atoms with E-state index in [-0.39, 0.29) is 6.10 Å². The second kappa shape index (κ2) is 6.31. The van der Waals surface area contributed by atoms with Crippen molar-refractivity contribution in [3.05, 3.63) is 64.7 Å². The van der Waals surface area contributed by atoms with E-state index in [4.69, 9.17) is 4.74 Å². The van der Waals surface area contributed by atoms with Crippen LogP contribution in [-0.4, -0.2) is 18.3 Å². The monoisotopic (exact) mass is 282 g/mol. The maximum Gasteiger partial charge on any atom is 0.119 e. The molecule has 0 aliphatic heterocycles. The Balaban J connectivity index is 1.64. The van der Waals surface area contributed by atoms with Crippen LogP contribution in [0, 0.1) is 0 Å². The zero-order valence-corrected chi connectivity index (χ0v) is 12.5. The molecule has 0 spiro atoms. The number of rotatable bonds is 5. The molecule has 2 aromatic carbocycles. The Kier molecular flexibility index (Phi) is 4.26. The van der Waals surface area contributed by atoms with E-state index < -0.39 is 0 Å². The van der Waals surface area contributed by atoms with Crippen LogP contribution < -0.4 is 4.74 Å². The minimum atomic E-state index is -0.350. The molecule has 2 heteroatoms. The average Bonchev–Trinajstić information content (AvgIpc) is 2.95. The van der Waals surface area contributed by atoms with E-state index in [9.17, 15) is 5.11 Å². The third kappa shape index (κ3) is 3.45. The zero-order valence-electron chi connectivity index (χ0n) is 12.5. The topological polar surface area (TPSA) is 29.5 Å². The Labute approximate surface area is 126 Å². The Morgan fingerprint density at radius 2 is 1.76 bits per heavy atom. The molecule has 110 valence electrons. The van der Waals surface area contributed by atoms with Crippen LogP contribution in [0.15, 0.2) is 42.5 Å². The highest BCUT2D eigenvalue weighted by atomic mass is 16.5. The van der Waals surface area contributed by atoms with Crippen molar-refractivity contribution in [1.82, 2.24) is 0 Å². The van der Waals surface area contributed by atoms with Gasteiger partial charge in [-0.05, 0) is 66.5 Å². The Bertz CT molecular complexity index is 619. The first-order valence-electron chi connectivity index (χ1n) is 7.66. The lowest BCUT2D eigenvalue weighted by atomic mass is 9.98. The van der Waals surface area contributed by atoms with Gasteiger partial charge in [0.1, 0.15) is 5.75 Å². The number of aliphatic hydroxyl groups is 1. The number of fused-ring (bicyclic) bond motifs is 1. The van der Waals surface area contributed by atoms with Crippen LogP contribution in [0.1, 0.15) is 28.7 Å². The third-order valence-corrected chi connectivity index (χ3v) is 4.24. The molecule has 0 heterocycles. The molecule has 0 amide bonds. The van der Waals surface area contributed by atoms with Crippen molar-refractivity contribution >= 4 is 0 Å². The first-order chi connectivity index (χ1) is 10.2. The summed E-state index contributed by atoms with van der Waals surface area (Å²) in [6.45, 7) is 0. The molecular weight excluding hydrogens is 260 g/mol. The number of benzene rings is 2. The van der Waals surface area contributed by atoms with Crippen molar-refractivity contribution in [1.29, 1.82) is 0 Å². The summed E-state index contributed by atoms with van der Waals surface area (Å²) >= 11 is 0. The van der Waals surface area contributed by atoms with Crippen molar-refractivity contribution in [2.45, 2.75) is 38.2 Å². The molecule has 2 aromatic rings. The summed E-state index contributed by atoms with van der Waals surface area (Å²) in [4.78, 5) is 0. The van der Waals surface area contributed by atoms with E-state index in [1.54, 1.807) is 7.11 Å². The van der Waals surface area contributed by atoms with Crippen molar-refractivity contribution in [2.75, 3.05) is 7.11 Å². The summed E-state index contributed by atoms with van der Waals surface area (Å²) in [5.41, 5.74) is 5.32. The molecule has 0 fully saturated rings. The van der Waals surface area contributed by atoms with Gasteiger partial charge >= 0.3 is 0 Å². The molecule has 0 saturated heterocycles. The predicted molar refractivity (Wildman–Crippen MR) is 84.9 cm³/mol. The van der Waals surface area contributed by atoms with Crippen LogP contribution in [0.3, 0.4) is 0 Å². The SMILES string of the molecule is COc1cccc(CC(O)Cc2ccc3c(c2)CCC3)c1. The average molecular weight is 282 g/mol. The first kappa shape index (κ1) is 14.2. The van der Waals surface area contributed by atoms with E-state index in [0.29, 0.717) is 12.8 Å². The van der Waals surface area contributed by atoms with E-state index in [0.717, 1.165) is 11.3 Å².